The zero-order valence-electron chi connectivity index (χ0n) is 13.4. The van der Waals surface area contributed by atoms with Crippen LogP contribution in [0, 0.1) is 17.5 Å². The molecule has 0 saturated carbocycles. The summed E-state index contributed by atoms with van der Waals surface area (Å²) in [5.74, 6) is -6.41. The van der Waals surface area contributed by atoms with Crippen molar-refractivity contribution in [2.24, 2.45) is 0 Å². The van der Waals surface area contributed by atoms with Crippen LogP contribution in [0.25, 0.3) is 5.65 Å². The van der Waals surface area contributed by atoms with Crippen LogP contribution in [0.4, 0.5) is 18.9 Å². The summed E-state index contributed by atoms with van der Waals surface area (Å²) in [4.78, 5) is 28.1. The van der Waals surface area contributed by atoms with Crippen molar-refractivity contribution < 1.29 is 27.5 Å². The SMILES string of the molecule is CC(OC(=O)c1cn2ccccc2n1)C(=O)Nc1ccc(F)c(F)c1F. The van der Waals surface area contributed by atoms with Crippen molar-refractivity contribution in [3.63, 3.8) is 0 Å². The van der Waals surface area contributed by atoms with E-state index in [2.05, 4.69) is 4.98 Å². The van der Waals surface area contributed by atoms with Crippen LogP contribution in [0.5, 0.6) is 0 Å². The lowest BCUT2D eigenvalue weighted by atomic mass is 10.2. The van der Waals surface area contributed by atoms with Gasteiger partial charge in [0.05, 0.1) is 5.69 Å². The standard InChI is InChI=1S/C17H12F3N3O3/c1-9(16(24)22-11-6-5-10(18)14(19)15(11)20)26-17(25)12-8-23-7-3-2-4-13(23)21-12/h2-9H,1H3,(H,22,24). The van der Waals surface area contributed by atoms with Crippen LogP contribution in [0.2, 0.25) is 0 Å². The highest BCUT2D eigenvalue weighted by Gasteiger charge is 2.23. The van der Waals surface area contributed by atoms with Crippen LogP contribution in [-0.4, -0.2) is 27.4 Å². The molecule has 3 rings (SSSR count). The summed E-state index contributed by atoms with van der Waals surface area (Å²) < 4.78 is 46.2. The van der Waals surface area contributed by atoms with Gasteiger partial charge < -0.3 is 14.5 Å². The highest BCUT2D eigenvalue weighted by molar-refractivity contribution is 5.97. The molecule has 0 bridgehead atoms. The van der Waals surface area contributed by atoms with E-state index in [9.17, 15) is 22.8 Å². The van der Waals surface area contributed by atoms with Crippen molar-refractivity contribution in [1.82, 2.24) is 9.38 Å². The molecule has 3 aromatic rings. The highest BCUT2D eigenvalue weighted by atomic mass is 19.2. The molecule has 1 atom stereocenters. The second-order valence-electron chi connectivity index (χ2n) is 5.35. The molecule has 6 nitrogen and oxygen atoms in total. The van der Waals surface area contributed by atoms with Crippen molar-refractivity contribution >= 4 is 23.2 Å². The summed E-state index contributed by atoms with van der Waals surface area (Å²) in [7, 11) is 0. The summed E-state index contributed by atoms with van der Waals surface area (Å²) >= 11 is 0. The number of carbonyl (C=O) groups is 2. The molecule has 134 valence electrons. The number of fused-ring (bicyclic) bond motifs is 1. The van der Waals surface area contributed by atoms with Crippen LogP contribution in [0.15, 0.2) is 42.7 Å². The first-order chi connectivity index (χ1) is 12.4. The van der Waals surface area contributed by atoms with E-state index < -0.39 is 41.1 Å². The van der Waals surface area contributed by atoms with Crippen LogP contribution < -0.4 is 5.32 Å². The Kier molecular flexibility index (Phi) is 4.61. The molecule has 2 heterocycles. The summed E-state index contributed by atoms with van der Waals surface area (Å²) in [5, 5.41) is 2.04. The number of esters is 1. The lowest BCUT2D eigenvalue weighted by Gasteiger charge is -2.13. The molecule has 1 amide bonds. The lowest BCUT2D eigenvalue weighted by molar-refractivity contribution is -0.123. The third-order valence-corrected chi connectivity index (χ3v) is 3.52. The van der Waals surface area contributed by atoms with Crippen molar-refractivity contribution in [1.29, 1.82) is 0 Å². The monoisotopic (exact) mass is 363 g/mol. The Bertz CT molecular complexity index is 970. The third kappa shape index (κ3) is 3.37. The summed E-state index contributed by atoms with van der Waals surface area (Å²) in [6.45, 7) is 1.25. The highest BCUT2D eigenvalue weighted by Crippen LogP contribution is 2.20. The molecule has 1 unspecified atom stereocenters. The molecule has 0 aliphatic rings. The Labute approximate surface area is 145 Å². The van der Waals surface area contributed by atoms with Gasteiger partial charge >= 0.3 is 5.97 Å². The molecule has 0 fully saturated rings. The summed E-state index contributed by atoms with van der Waals surface area (Å²) in [5.41, 5.74) is -0.0696. The molecule has 0 spiro atoms. The number of ether oxygens (including phenoxy) is 1. The Morgan fingerprint density at radius 2 is 1.92 bits per heavy atom. The number of halogens is 3. The number of nitrogens with one attached hydrogen (secondary N) is 1. The number of anilines is 1. The van der Waals surface area contributed by atoms with E-state index in [0.717, 1.165) is 6.07 Å². The molecule has 9 heteroatoms. The Morgan fingerprint density at radius 3 is 2.65 bits per heavy atom. The van der Waals surface area contributed by atoms with Crippen molar-refractivity contribution in [2.45, 2.75) is 13.0 Å². The largest absolute Gasteiger partial charge is 0.448 e. The maximum atomic E-state index is 13.6. The third-order valence-electron chi connectivity index (χ3n) is 3.52. The topological polar surface area (TPSA) is 72.7 Å². The number of rotatable bonds is 4. The van der Waals surface area contributed by atoms with Gasteiger partial charge in [0.25, 0.3) is 5.91 Å². The number of imidazole rings is 1. The predicted molar refractivity (Wildman–Crippen MR) is 85.0 cm³/mol. The number of nitrogens with zero attached hydrogens (tertiary/aromatic N) is 2. The number of hydrogen-bond acceptors (Lipinski definition) is 4. The first kappa shape index (κ1) is 17.5. The molecule has 0 saturated heterocycles. The molecule has 0 aliphatic carbocycles. The zero-order chi connectivity index (χ0) is 18.8. The molecule has 26 heavy (non-hydrogen) atoms. The minimum atomic E-state index is -1.71. The van der Waals surface area contributed by atoms with E-state index in [1.54, 1.807) is 28.8 Å². The van der Waals surface area contributed by atoms with Gasteiger partial charge in [0.1, 0.15) is 5.65 Å². The quantitative estimate of drug-likeness (QED) is 0.571. The fourth-order valence-corrected chi connectivity index (χ4v) is 2.16. The number of amides is 1. The first-order valence-electron chi connectivity index (χ1n) is 7.46. The van der Waals surface area contributed by atoms with Gasteiger partial charge in [-0.3, -0.25) is 4.79 Å². The van der Waals surface area contributed by atoms with Crippen molar-refractivity contribution in [3.05, 3.63) is 65.9 Å². The second-order valence-corrected chi connectivity index (χ2v) is 5.35. The van der Waals surface area contributed by atoms with Gasteiger partial charge in [0, 0.05) is 12.4 Å². The first-order valence-corrected chi connectivity index (χ1v) is 7.46. The van der Waals surface area contributed by atoms with E-state index in [0.29, 0.717) is 11.7 Å². The summed E-state index contributed by atoms with van der Waals surface area (Å²) in [6.07, 6.45) is 1.79. The van der Waals surface area contributed by atoms with Gasteiger partial charge in [0.15, 0.2) is 29.2 Å². The molecule has 1 aromatic carbocycles. The Morgan fingerprint density at radius 1 is 1.15 bits per heavy atom. The normalized spacial score (nSPS) is 12.0. The fourth-order valence-electron chi connectivity index (χ4n) is 2.16. The maximum absolute atomic E-state index is 13.6. The number of benzene rings is 1. The van der Waals surface area contributed by atoms with E-state index in [1.165, 1.54) is 13.1 Å². The Balaban J connectivity index is 1.69. The van der Waals surface area contributed by atoms with E-state index in [4.69, 9.17) is 4.74 Å². The Hall–Kier alpha value is -3.36. The van der Waals surface area contributed by atoms with E-state index in [-0.39, 0.29) is 5.69 Å². The van der Waals surface area contributed by atoms with Gasteiger partial charge in [-0.15, -0.1) is 0 Å². The number of aromatic nitrogens is 2. The van der Waals surface area contributed by atoms with Crippen LogP contribution >= 0.6 is 0 Å². The molecular formula is C17H12F3N3O3. The van der Waals surface area contributed by atoms with Gasteiger partial charge in [-0.2, -0.15) is 0 Å². The predicted octanol–water partition coefficient (Wildman–Crippen LogP) is 2.94. The maximum Gasteiger partial charge on any atom is 0.359 e. The van der Waals surface area contributed by atoms with Crippen LogP contribution in [0.3, 0.4) is 0 Å². The van der Waals surface area contributed by atoms with Gasteiger partial charge in [0.2, 0.25) is 0 Å². The molecular weight excluding hydrogens is 351 g/mol. The fraction of sp³-hybridized carbons (Fsp3) is 0.118. The average Bonchev–Trinajstić information content (AvgIpc) is 3.06. The number of pyridine rings is 1. The van der Waals surface area contributed by atoms with Gasteiger partial charge in [-0.25, -0.2) is 22.9 Å². The summed E-state index contributed by atoms with van der Waals surface area (Å²) in [6, 6.07) is 6.70. The van der Waals surface area contributed by atoms with Gasteiger partial charge in [-0.1, -0.05) is 6.07 Å². The lowest BCUT2D eigenvalue weighted by Crippen LogP contribution is -2.30. The number of hydrogen-bond donors (Lipinski definition) is 1. The minimum Gasteiger partial charge on any atom is -0.448 e. The van der Waals surface area contributed by atoms with E-state index >= 15 is 0 Å². The van der Waals surface area contributed by atoms with Crippen LogP contribution in [-0.2, 0) is 9.53 Å². The smallest absolute Gasteiger partial charge is 0.359 e. The molecule has 2 aromatic heterocycles. The van der Waals surface area contributed by atoms with Crippen LogP contribution in [0.1, 0.15) is 17.4 Å². The van der Waals surface area contributed by atoms with Crippen molar-refractivity contribution in [2.75, 3.05) is 5.32 Å². The van der Waals surface area contributed by atoms with Gasteiger partial charge in [-0.05, 0) is 31.2 Å². The minimum absolute atomic E-state index is 0.0187. The van der Waals surface area contributed by atoms with E-state index in [1.807, 2.05) is 5.32 Å². The second kappa shape index (κ2) is 6.87. The van der Waals surface area contributed by atoms with Crippen molar-refractivity contribution in [3.8, 4) is 0 Å². The zero-order valence-corrected chi connectivity index (χ0v) is 13.4. The number of carbonyl (C=O) groups excluding carboxylic acids is 2. The average molecular weight is 363 g/mol. The molecule has 0 aliphatic heterocycles. The molecule has 0 radical (unpaired) electrons. The molecule has 1 N–H and O–H groups in total.